The molecule has 0 aromatic carbocycles. The summed E-state index contributed by atoms with van der Waals surface area (Å²) < 4.78 is 0. The molecule has 0 heterocycles. The molecule has 0 fully saturated rings. The van der Waals surface area contributed by atoms with Gasteiger partial charge in [0.05, 0.1) is 0 Å². The van der Waals surface area contributed by atoms with Crippen LogP contribution in [0.2, 0.25) is 0 Å². The number of carbonyl (C=O) groups excluding carboxylic acids is 1. The van der Waals surface area contributed by atoms with Gasteiger partial charge in [-0.2, -0.15) is 0 Å². The number of ketones is 1. The molecule has 0 bridgehead atoms. The number of carboxylic acids is 1. The first kappa shape index (κ1) is 8.61. The second kappa shape index (κ2) is 3.60. The molecule has 56 valence electrons. The summed E-state index contributed by atoms with van der Waals surface area (Å²) in [5.74, 6) is -2.19. The zero-order valence-electron chi connectivity index (χ0n) is 5.37. The molecule has 0 aromatic rings. The fourth-order valence-corrected chi connectivity index (χ4v) is 0.385. The smallest absolute Gasteiger partial charge is 0.361 e. The van der Waals surface area contributed by atoms with Crippen molar-refractivity contribution in [2.24, 2.45) is 5.16 Å². The molecule has 0 saturated heterocycles. The van der Waals surface area contributed by atoms with E-state index < -0.39 is 17.5 Å². The predicted octanol–water partition coefficient (Wildman–Crippen LogP) is -0.120. The lowest BCUT2D eigenvalue weighted by atomic mass is 10.2. The van der Waals surface area contributed by atoms with Crippen LogP contribution in [-0.2, 0) is 9.59 Å². The van der Waals surface area contributed by atoms with Crippen LogP contribution in [0.4, 0.5) is 0 Å². The maximum Gasteiger partial charge on any atom is 0.361 e. The average Bonchev–Trinajstić information content (AvgIpc) is 1.88. The quantitative estimate of drug-likeness (QED) is 0.251. The molecule has 0 rings (SSSR count). The molecule has 0 aliphatic rings. The fourth-order valence-electron chi connectivity index (χ4n) is 0.385. The third kappa shape index (κ3) is 1.85. The van der Waals surface area contributed by atoms with Crippen LogP contribution in [0.1, 0.15) is 13.3 Å². The SMILES string of the molecule is CCC(=O)/C(=N/O)C(=O)O. The molecule has 2 N–H and O–H groups in total. The molecule has 0 spiro atoms. The Kier molecular flexibility index (Phi) is 3.10. The van der Waals surface area contributed by atoms with Crippen molar-refractivity contribution in [2.75, 3.05) is 0 Å². The number of aliphatic carboxylic acids is 1. The van der Waals surface area contributed by atoms with Crippen molar-refractivity contribution in [3.8, 4) is 0 Å². The van der Waals surface area contributed by atoms with Crippen molar-refractivity contribution in [3.05, 3.63) is 0 Å². The first-order valence-corrected chi connectivity index (χ1v) is 2.62. The van der Waals surface area contributed by atoms with Crippen LogP contribution in [-0.4, -0.2) is 27.8 Å². The number of hydrogen-bond donors (Lipinski definition) is 2. The summed E-state index contributed by atoms with van der Waals surface area (Å²) in [6, 6.07) is 0. The van der Waals surface area contributed by atoms with Crippen molar-refractivity contribution in [1.29, 1.82) is 0 Å². The Labute approximate surface area is 57.0 Å². The van der Waals surface area contributed by atoms with Crippen LogP contribution in [0.3, 0.4) is 0 Å². The van der Waals surface area contributed by atoms with E-state index in [1.807, 2.05) is 0 Å². The van der Waals surface area contributed by atoms with Gasteiger partial charge in [0.15, 0.2) is 5.78 Å². The summed E-state index contributed by atoms with van der Waals surface area (Å²) in [5, 5.41) is 18.5. The monoisotopic (exact) mass is 145 g/mol. The number of rotatable bonds is 3. The average molecular weight is 145 g/mol. The van der Waals surface area contributed by atoms with Gasteiger partial charge in [-0.1, -0.05) is 12.1 Å². The molecular weight excluding hydrogens is 138 g/mol. The third-order valence-electron chi connectivity index (χ3n) is 0.888. The van der Waals surface area contributed by atoms with Crippen molar-refractivity contribution >= 4 is 17.5 Å². The van der Waals surface area contributed by atoms with Crippen LogP contribution >= 0.6 is 0 Å². The van der Waals surface area contributed by atoms with Crippen LogP contribution < -0.4 is 0 Å². The summed E-state index contributed by atoms with van der Waals surface area (Å²) in [7, 11) is 0. The normalized spacial score (nSPS) is 11.1. The molecule has 0 atom stereocenters. The van der Waals surface area contributed by atoms with Crippen LogP contribution in [0.15, 0.2) is 5.16 Å². The van der Waals surface area contributed by atoms with Gasteiger partial charge in [-0.15, -0.1) is 0 Å². The lowest BCUT2D eigenvalue weighted by Crippen LogP contribution is -2.22. The lowest BCUT2D eigenvalue weighted by Gasteiger charge is -1.91. The number of carboxylic acid groups (broad SMARTS) is 1. The Bertz CT molecular complexity index is 184. The van der Waals surface area contributed by atoms with E-state index in [4.69, 9.17) is 10.3 Å². The summed E-state index contributed by atoms with van der Waals surface area (Å²) in [5.41, 5.74) is -0.817. The van der Waals surface area contributed by atoms with E-state index in [1.54, 1.807) is 0 Å². The van der Waals surface area contributed by atoms with Gasteiger partial charge >= 0.3 is 5.97 Å². The van der Waals surface area contributed by atoms with E-state index in [2.05, 4.69) is 5.16 Å². The second-order valence-electron chi connectivity index (χ2n) is 1.53. The van der Waals surface area contributed by atoms with Crippen molar-refractivity contribution < 1.29 is 19.9 Å². The Hall–Kier alpha value is -1.39. The summed E-state index contributed by atoms with van der Waals surface area (Å²) in [6.07, 6.45) is 0.0195. The van der Waals surface area contributed by atoms with E-state index in [0.717, 1.165) is 0 Å². The van der Waals surface area contributed by atoms with Gasteiger partial charge in [0, 0.05) is 6.42 Å². The van der Waals surface area contributed by atoms with E-state index >= 15 is 0 Å². The molecule has 0 amide bonds. The first-order chi connectivity index (χ1) is 4.63. The number of carbonyl (C=O) groups is 2. The molecule has 0 aliphatic carbocycles. The molecule has 10 heavy (non-hydrogen) atoms. The maximum absolute atomic E-state index is 10.5. The van der Waals surface area contributed by atoms with Gasteiger partial charge in [0.25, 0.3) is 0 Å². The summed E-state index contributed by atoms with van der Waals surface area (Å²) >= 11 is 0. The Balaban J connectivity index is 4.39. The van der Waals surface area contributed by atoms with Gasteiger partial charge in [0.1, 0.15) is 0 Å². The number of hydrogen-bond acceptors (Lipinski definition) is 4. The predicted molar refractivity (Wildman–Crippen MR) is 32.2 cm³/mol. The highest BCUT2D eigenvalue weighted by molar-refractivity contribution is 6.63. The highest BCUT2D eigenvalue weighted by Crippen LogP contribution is 1.86. The van der Waals surface area contributed by atoms with E-state index in [-0.39, 0.29) is 6.42 Å². The van der Waals surface area contributed by atoms with Crippen LogP contribution in [0, 0.1) is 0 Å². The van der Waals surface area contributed by atoms with Gasteiger partial charge < -0.3 is 10.3 Å². The molecule has 0 saturated carbocycles. The molecule has 0 radical (unpaired) electrons. The lowest BCUT2D eigenvalue weighted by molar-refractivity contribution is -0.130. The third-order valence-corrected chi connectivity index (χ3v) is 0.888. The minimum atomic E-state index is -1.51. The number of nitrogens with zero attached hydrogens (tertiary/aromatic N) is 1. The van der Waals surface area contributed by atoms with E-state index in [0.29, 0.717) is 0 Å². The molecule has 5 heteroatoms. The largest absolute Gasteiger partial charge is 0.476 e. The van der Waals surface area contributed by atoms with Gasteiger partial charge in [-0.05, 0) is 0 Å². The zero-order valence-corrected chi connectivity index (χ0v) is 5.37. The fraction of sp³-hybridized carbons (Fsp3) is 0.400. The summed E-state index contributed by atoms with van der Waals surface area (Å²) in [4.78, 5) is 20.5. The Morgan fingerprint density at radius 2 is 2.00 bits per heavy atom. The van der Waals surface area contributed by atoms with Gasteiger partial charge in [0.2, 0.25) is 5.71 Å². The highest BCUT2D eigenvalue weighted by Gasteiger charge is 2.17. The van der Waals surface area contributed by atoms with Crippen LogP contribution in [0.5, 0.6) is 0 Å². The van der Waals surface area contributed by atoms with Crippen molar-refractivity contribution in [2.45, 2.75) is 13.3 Å². The number of Topliss-reactive ketones (excluding diaryl/α,β-unsaturated/α-hetero) is 1. The molecule has 0 aliphatic heterocycles. The standard InChI is InChI=1S/C5H7NO4/c1-2-3(7)4(6-10)5(8)9/h10H,2H2,1H3,(H,8,9)/b6-4-. The Morgan fingerprint density at radius 3 is 2.10 bits per heavy atom. The topological polar surface area (TPSA) is 87.0 Å². The maximum atomic E-state index is 10.5. The number of oxime groups is 1. The van der Waals surface area contributed by atoms with Gasteiger partial charge in [-0.3, -0.25) is 4.79 Å². The van der Waals surface area contributed by atoms with Gasteiger partial charge in [-0.25, -0.2) is 4.79 Å². The van der Waals surface area contributed by atoms with E-state index in [1.165, 1.54) is 6.92 Å². The van der Waals surface area contributed by atoms with Crippen LogP contribution in [0.25, 0.3) is 0 Å². The molecule has 5 nitrogen and oxygen atoms in total. The minimum absolute atomic E-state index is 0.0195. The molecule has 0 unspecified atom stereocenters. The highest BCUT2D eigenvalue weighted by atomic mass is 16.4. The van der Waals surface area contributed by atoms with Crippen molar-refractivity contribution in [1.82, 2.24) is 0 Å². The zero-order chi connectivity index (χ0) is 8.15. The molecular formula is C5H7NO4. The summed E-state index contributed by atoms with van der Waals surface area (Å²) in [6.45, 7) is 1.48. The van der Waals surface area contributed by atoms with E-state index in [9.17, 15) is 9.59 Å². The Morgan fingerprint density at radius 1 is 1.50 bits per heavy atom. The minimum Gasteiger partial charge on any atom is -0.476 e. The first-order valence-electron chi connectivity index (χ1n) is 2.62. The van der Waals surface area contributed by atoms with Crippen molar-refractivity contribution in [3.63, 3.8) is 0 Å². The molecule has 0 aromatic heterocycles. The second-order valence-corrected chi connectivity index (χ2v) is 1.53.